The highest BCUT2D eigenvalue weighted by atomic mass is 32.2. The molecule has 0 aliphatic heterocycles. The summed E-state index contributed by atoms with van der Waals surface area (Å²) in [6, 6.07) is 21.6. The van der Waals surface area contributed by atoms with Gasteiger partial charge >= 0.3 is 0 Å². The van der Waals surface area contributed by atoms with Crippen molar-refractivity contribution in [2.24, 2.45) is 0 Å². The molecule has 0 saturated heterocycles. The molecule has 0 fully saturated rings. The Hall–Kier alpha value is -1.99. The van der Waals surface area contributed by atoms with E-state index in [1.54, 1.807) is 0 Å². The minimum Gasteiger partial charge on any atom is -0.144 e. The van der Waals surface area contributed by atoms with Gasteiger partial charge in [-0.1, -0.05) is 91.0 Å². The molecule has 2 aromatic carbocycles. The fraction of sp³-hybridized carbons (Fsp3) is 0.143. The Morgan fingerprint density at radius 1 is 0.818 bits per heavy atom. The van der Waals surface area contributed by atoms with E-state index < -0.39 is 0 Å². The maximum atomic E-state index is 2.27. The van der Waals surface area contributed by atoms with Crippen LogP contribution in [-0.4, -0.2) is 6.26 Å². The molecule has 0 aromatic heterocycles. The molecule has 0 N–H and O–H groups in total. The van der Waals surface area contributed by atoms with Gasteiger partial charge in [0.15, 0.2) is 0 Å². The summed E-state index contributed by atoms with van der Waals surface area (Å²) in [7, 11) is 0. The van der Waals surface area contributed by atoms with E-state index in [9.17, 15) is 0 Å². The highest BCUT2D eigenvalue weighted by Gasteiger charge is 2.36. The van der Waals surface area contributed by atoms with Crippen molar-refractivity contribution in [3.63, 3.8) is 0 Å². The zero-order chi connectivity index (χ0) is 15.3. The van der Waals surface area contributed by atoms with Crippen LogP contribution >= 0.6 is 11.8 Å². The number of benzene rings is 2. The van der Waals surface area contributed by atoms with Crippen LogP contribution in [0.1, 0.15) is 17.5 Å². The number of hydrogen-bond donors (Lipinski definition) is 0. The quantitative estimate of drug-likeness (QED) is 0.694. The van der Waals surface area contributed by atoms with Gasteiger partial charge in [0.25, 0.3) is 0 Å². The summed E-state index contributed by atoms with van der Waals surface area (Å²) in [5, 5.41) is 0. The molecule has 2 aromatic rings. The van der Waals surface area contributed by atoms with Gasteiger partial charge in [0, 0.05) is 0 Å². The highest BCUT2D eigenvalue weighted by molar-refractivity contribution is 8.00. The van der Waals surface area contributed by atoms with E-state index in [2.05, 4.69) is 97.3 Å². The predicted octanol–water partition coefficient (Wildman–Crippen LogP) is 5.74. The Balaban J connectivity index is 2.26. The van der Waals surface area contributed by atoms with Crippen molar-refractivity contribution >= 4 is 11.8 Å². The van der Waals surface area contributed by atoms with Crippen LogP contribution in [0.25, 0.3) is 0 Å². The number of hydrogen-bond acceptors (Lipinski definition) is 1. The molecule has 3 rings (SSSR count). The molecule has 0 nitrogen and oxygen atoms in total. The van der Waals surface area contributed by atoms with Gasteiger partial charge in [0.2, 0.25) is 0 Å². The van der Waals surface area contributed by atoms with E-state index in [4.69, 9.17) is 0 Å². The van der Waals surface area contributed by atoms with Gasteiger partial charge < -0.3 is 0 Å². The van der Waals surface area contributed by atoms with Crippen LogP contribution in [0, 0.1) is 0 Å². The molecule has 0 heterocycles. The van der Waals surface area contributed by atoms with Crippen molar-refractivity contribution < 1.29 is 0 Å². The topological polar surface area (TPSA) is 0 Å². The van der Waals surface area contributed by atoms with Gasteiger partial charge in [-0.05, 0) is 29.4 Å². The van der Waals surface area contributed by atoms with E-state index >= 15 is 0 Å². The second kappa shape index (κ2) is 6.85. The molecule has 22 heavy (non-hydrogen) atoms. The van der Waals surface area contributed by atoms with Crippen LogP contribution in [0.2, 0.25) is 0 Å². The van der Waals surface area contributed by atoms with Crippen LogP contribution in [-0.2, 0) is 4.75 Å². The largest absolute Gasteiger partial charge is 0.144 e. The lowest BCUT2D eigenvalue weighted by atomic mass is 9.83. The molecule has 1 aliphatic rings. The average Bonchev–Trinajstić information content (AvgIpc) is 2.88. The van der Waals surface area contributed by atoms with Crippen LogP contribution in [0.4, 0.5) is 0 Å². The van der Waals surface area contributed by atoms with E-state index in [1.807, 2.05) is 11.8 Å². The molecule has 1 heteroatoms. The minimum absolute atomic E-state index is 0.173. The first-order chi connectivity index (χ1) is 10.9. The summed E-state index contributed by atoms with van der Waals surface area (Å²) in [6.45, 7) is 0. The lowest BCUT2D eigenvalue weighted by Crippen LogP contribution is -2.25. The summed E-state index contributed by atoms with van der Waals surface area (Å²) < 4.78 is -0.173. The third kappa shape index (κ3) is 2.69. The fourth-order valence-electron chi connectivity index (χ4n) is 3.01. The Morgan fingerprint density at radius 3 is 1.95 bits per heavy atom. The maximum absolute atomic E-state index is 2.27. The maximum Gasteiger partial charge on any atom is 0.0904 e. The normalized spacial score (nSPS) is 14.5. The summed E-state index contributed by atoms with van der Waals surface area (Å²) in [4.78, 5) is 0. The Kier molecular flexibility index (Phi) is 4.65. The standard InChI is InChI=1S/C21H20S/c1-22-21(19-14-8-4-9-15-19,20-16-10-5-11-17-20)18-12-6-2-3-7-13-18/h2,4-17H,3H2,1H3. The number of thioether (sulfide) groups is 1. The smallest absolute Gasteiger partial charge is 0.0904 e. The monoisotopic (exact) mass is 304 g/mol. The first-order valence-electron chi connectivity index (χ1n) is 7.58. The molecule has 110 valence electrons. The van der Waals surface area contributed by atoms with Gasteiger partial charge in [-0.15, -0.1) is 11.8 Å². The van der Waals surface area contributed by atoms with Gasteiger partial charge in [0.1, 0.15) is 0 Å². The third-order valence-corrected chi connectivity index (χ3v) is 5.37. The van der Waals surface area contributed by atoms with Gasteiger partial charge in [-0.3, -0.25) is 0 Å². The molecule has 0 spiro atoms. The van der Waals surface area contributed by atoms with E-state index in [0.717, 1.165) is 6.42 Å². The lowest BCUT2D eigenvalue weighted by molar-refractivity contribution is 0.897. The van der Waals surface area contributed by atoms with Gasteiger partial charge in [0.05, 0.1) is 4.75 Å². The lowest BCUT2D eigenvalue weighted by Gasteiger charge is -2.35. The second-order valence-electron chi connectivity index (χ2n) is 5.31. The van der Waals surface area contributed by atoms with Crippen molar-refractivity contribution in [3.8, 4) is 0 Å². The fourth-order valence-corrected chi connectivity index (χ4v) is 4.13. The summed E-state index contributed by atoms with van der Waals surface area (Å²) in [5.41, 5.74) is 3.96. The number of allylic oxidation sites excluding steroid dienone is 5. The van der Waals surface area contributed by atoms with E-state index in [-0.39, 0.29) is 4.75 Å². The van der Waals surface area contributed by atoms with Crippen molar-refractivity contribution in [1.29, 1.82) is 0 Å². The molecule has 0 radical (unpaired) electrons. The molecular weight excluding hydrogens is 284 g/mol. The molecule has 0 unspecified atom stereocenters. The van der Waals surface area contributed by atoms with Gasteiger partial charge in [-0.2, -0.15) is 0 Å². The summed E-state index contributed by atoms with van der Waals surface area (Å²) >= 11 is 1.89. The highest BCUT2D eigenvalue weighted by Crippen LogP contribution is 2.48. The molecular formula is C21H20S. The Labute approximate surface area is 137 Å². The van der Waals surface area contributed by atoms with Crippen LogP contribution in [0.3, 0.4) is 0 Å². The zero-order valence-electron chi connectivity index (χ0n) is 12.8. The van der Waals surface area contributed by atoms with Crippen molar-refractivity contribution in [2.45, 2.75) is 11.2 Å². The van der Waals surface area contributed by atoms with Crippen molar-refractivity contribution in [1.82, 2.24) is 0 Å². The second-order valence-corrected chi connectivity index (χ2v) is 6.33. The zero-order valence-corrected chi connectivity index (χ0v) is 13.6. The minimum atomic E-state index is -0.173. The third-order valence-electron chi connectivity index (χ3n) is 4.05. The van der Waals surface area contributed by atoms with Crippen LogP contribution in [0.15, 0.2) is 96.6 Å². The van der Waals surface area contributed by atoms with Crippen molar-refractivity contribution in [2.75, 3.05) is 6.26 Å². The average molecular weight is 304 g/mol. The van der Waals surface area contributed by atoms with Gasteiger partial charge in [-0.25, -0.2) is 0 Å². The first kappa shape index (κ1) is 14.9. The molecule has 0 atom stereocenters. The molecule has 0 saturated carbocycles. The Bertz CT molecular complexity index is 654. The Morgan fingerprint density at radius 2 is 1.41 bits per heavy atom. The van der Waals surface area contributed by atoms with E-state index in [0.29, 0.717) is 0 Å². The van der Waals surface area contributed by atoms with Crippen LogP contribution < -0.4 is 0 Å². The summed E-state index contributed by atoms with van der Waals surface area (Å²) in [6.07, 6.45) is 14.3. The number of rotatable bonds is 4. The van der Waals surface area contributed by atoms with Crippen LogP contribution in [0.5, 0.6) is 0 Å². The van der Waals surface area contributed by atoms with E-state index in [1.165, 1.54) is 16.7 Å². The first-order valence-corrected chi connectivity index (χ1v) is 8.80. The molecule has 0 bridgehead atoms. The summed E-state index contributed by atoms with van der Waals surface area (Å²) in [5.74, 6) is 0. The van der Waals surface area contributed by atoms with Crippen molar-refractivity contribution in [3.05, 3.63) is 108 Å². The predicted molar refractivity (Wildman–Crippen MR) is 98.2 cm³/mol. The molecule has 1 aliphatic carbocycles. The molecule has 0 amide bonds. The SMILES string of the molecule is CSC(C1=CC=CCC=C1)(c1ccccc1)c1ccccc1.